The molecule has 4 nitrogen and oxygen atoms in total. The highest BCUT2D eigenvalue weighted by Gasteiger charge is 2.38. The van der Waals surface area contributed by atoms with Crippen molar-refractivity contribution in [1.29, 1.82) is 0 Å². The van der Waals surface area contributed by atoms with E-state index in [9.17, 15) is 9.90 Å². The van der Waals surface area contributed by atoms with Gasteiger partial charge in [0.1, 0.15) is 5.54 Å². The number of nitrogens with one attached hydrogen (secondary N) is 1. The minimum atomic E-state index is -0.891. The summed E-state index contributed by atoms with van der Waals surface area (Å²) in [5.41, 5.74) is -0.0468. The van der Waals surface area contributed by atoms with Gasteiger partial charge in [0.25, 0.3) is 0 Å². The molecule has 0 amide bonds. The molecule has 1 aliphatic heterocycles. The SMILES string of the molecule is O=C(O)C1(Nc2ccccc2)CCCOCC1. The maximum atomic E-state index is 11.5. The zero-order valence-electron chi connectivity index (χ0n) is 9.69. The first kappa shape index (κ1) is 11.9. The third-order valence-electron chi connectivity index (χ3n) is 3.13. The van der Waals surface area contributed by atoms with Gasteiger partial charge in [0.05, 0.1) is 0 Å². The second kappa shape index (κ2) is 5.19. The Balaban J connectivity index is 2.19. The first-order valence-electron chi connectivity index (χ1n) is 5.87. The first-order valence-corrected chi connectivity index (χ1v) is 5.87. The van der Waals surface area contributed by atoms with E-state index < -0.39 is 11.5 Å². The molecule has 0 aliphatic carbocycles. The molecular weight excluding hydrogens is 218 g/mol. The molecule has 1 aromatic carbocycles. The largest absolute Gasteiger partial charge is 0.480 e. The number of ether oxygens (including phenoxy) is 1. The van der Waals surface area contributed by atoms with Crippen LogP contribution < -0.4 is 5.32 Å². The van der Waals surface area contributed by atoms with E-state index in [0.29, 0.717) is 26.1 Å². The lowest BCUT2D eigenvalue weighted by Crippen LogP contribution is -2.46. The molecule has 1 unspecified atom stereocenters. The fourth-order valence-corrected chi connectivity index (χ4v) is 2.14. The van der Waals surface area contributed by atoms with Crippen molar-refractivity contribution < 1.29 is 14.6 Å². The van der Waals surface area contributed by atoms with Crippen LogP contribution in [0.1, 0.15) is 19.3 Å². The second-order valence-electron chi connectivity index (χ2n) is 4.34. The van der Waals surface area contributed by atoms with Gasteiger partial charge in [-0.25, -0.2) is 4.79 Å². The molecule has 2 N–H and O–H groups in total. The standard InChI is InChI=1S/C13H17NO3/c15-12(16)13(7-4-9-17-10-8-13)14-11-5-2-1-3-6-11/h1-3,5-6,14H,4,7-10H2,(H,15,16). The van der Waals surface area contributed by atoms with Crippen LogP contribution in [0, 0.1) is 0 Å². The van der Waals surface area contributed by atoms with Gasteiger partial charge >= 0.3 is 5.97 Å². The highest BCUT2D eigenvalue weighted by atomic mass is 16.5. The molecule has 1 saturated heterocycles. The Kier molecular flexibility index (Phi) is 3.64. The Labute approximate surface area is 101 Å². The maximum absolute atomic E-state index is 11.5. The molecule has 1 aromatic rings. The van der Waals surface area contributed by atoms with Gasteiger partial charge in [0, 0.05) is 25.3 Å². The van der Waals surface area contributed by atoms with Gasteiger partial charge in [0.15, 0.2) is 0 Å². The molecule has 0 saturated carbocycles. The summed E-state index contributed by atoms with van der Waals surface area (Å²) in [7, 11) is 0. The van der Waals surface area contributed by atoms with E-state index in [0.717, 1.165) is 12.1 Å². The third-order valence-corrected chi connectivity index (χ3v) is 3.13. The topological polar surface area (TPSA) is 58.6 Å². The van der Waals surface area contributed by atoms with Crippen LogP contribution in [0.25, 0.3) is 0 Å². The summed E-state index contributed by atoms with van der Waals surface area (Å²) in [4.78, 5) is 11.5. The van der Waals surface area contributed by atoms with Crippen LogP contribution in [0.5, 0.6) is 0 Å². The highest BCUT2D eigenvalue weighted by molar-refractivity contribution is 5.82. The van der Waals surface area contributed by atoms with Crippen LogP contribution in [0.2, 0.25) is 0 Å². The Morgan fingerprint density at radius 1 is 1.24 bits per heavy atom. The maximum Gasteiger partial charge on any atom is 0.329 e. The first-order chi connectivity index (χ1) is 8.23. The molecular formula is C13H17NO3. The van der Waals surface area contributed by atoms with E-state index in [1.54, 1.807) is 0 Å². The van der Waals surface area contributed by atoms with Crippen molar-refractivity contribution in [1.82, 2.24) is 0 Å². The summed E-state index contributed by atoms with van der Waals surface area (Å²) in [6.45, 7) is 1.14. The summed E-state index contributed by atoms with van der Waals surface area (Å²) < 4.78 is 5.33. The molecule has 0 spiro atoms. The fourth-order valence-electron chi connectivity index (χ4n) is 2.14. The quantitative estimate of drug-likeness (QED) is 0.842. The van der Waals surface area contributed by atoms with Gasteiger partial charge in [-0.1, -0.05) is 18.2 Å². The van der Waals surface area contributed by atoms with Crippen molar-refractivity contribution >= 4 is 11.7 Å². The summed E-state index contributed by atoms with van der Waals surface area (Å²) in [6, 6.07) is 9.47. The predicted octanol–water partition coefficient (Wildman–Crippen LogP) is 2.12. The summed E-state index contributed by atoms with van der Waals surface area (Å²) >= 11 is 0. The lowest BCUT2D eigenvalue weighted by atomic mass is 9.90. The minimum absolute atomic E-state index is 0.492. The molecule has 1 heterocycles. The minimum Gasteiger partial charge on any atom is -0.480 e. The number of carboxylic acid groups (broad SMARTS) is 1. The lowest BCUT2D eigenvalue weighted by Gasteiger charge is -2.29. The Hall–Kier alpha value is -1.55. The van der Waals surface area contributed by atoms with Crippen LogP contribution in [0.4, 0.5) is 5.69 Å². The molecule has 0 radical (unpaired) electrons. The van der Waals surface area contributed by atoms with E-state index in [1.807, 2.05) is 30.3 Å². The molecule has 1 atom stereocenters. The van der Waals surface area contributed by atoms with Crippen LogP contribution >= 0.6 is 0 Å². The van der Waals surface area contributed by atoms with Crippen molar-refractivity contribution in [3.63, 3.8) is 0 Å². The highest BCUT2D eigenvalue weighted by Crippen LogP contribution is 2.26. The van der Waals surface area contributed by atoms with Gasteiger partial charge < -0.3 is 15.2 Å². The Bertz CT molecular complexity index is 370. The molecule has 4 heteroatoms. The zero-order chi connectivity index (χ0) is 12.1. The fraction of sp³-hybridized carbons (Fsp3) is 0.462. The van der Waals surface area contributed by atoms with Gasteiger partial charge in [-0.2, -0.15) is 0 Å². The molecule has 0 aromatic heterocycles. The zero-order valence-corrected chi connectivity index (χ0v) is 9.69. The van der Waals surface area contributed by atoms with E-state index in [1.165, 1.54) is 0 Å². The van der Waals surface area contributed by atoms with E-state index in [4.69, 9.17) is 4.74 Å². The molecule has 17 heavy (non-hydrogen) atoms. The van der Waals surface area contributed by atoms with Crippen molar-refractivity contribution in [2.24, 2.45) is 0 Å². The Morgan fingerprint density at radius 2 is 2.00 bits per heavy atom. The van der Waals surface area contributed by atoms with Crippen LogP contribution in [0.3, 0.4) is 0 Å². The monoisotopic (exact) mass is 235 g/mol. The molecule has 1 fully saturated rings. The summed E-state index contributed by atoms with van der Waals surface area (Å²) in [6.07, 6.45) is 1.86. The number of carbonyl (C=O) groups is 1. The van der Waals surface area contributed by atoms with Gasteiger partial charge in [-0.05, 0) is 25.0 Å². The summed E-state index contributed by atoms with van der Waals surface area (Å²) in [5, 5.41) is 12.6. The van der Waals surface area contributed by atoms with Gasteiger partial charge in [0.2, 0.25) is 0 Å². The van der Waals surface area contributed by atoms with Crippen LogP contribution in [0.15, 0.2) is 30.3 Å². The number of aliphatic carboxylic acids is 1. The molecule has 2 rings (SSSR count). The van der Waals surface area contributed by atoms with Crippen LogP contribution in [-0.4, -0.2) is 29.8 Å². The number of para-hydroxylation sites is 1. The number of carboxylic acids is 1. The lowest BCUT2D eigenvalue weighted by molar-refractivity contribution is -0.142. The van der Waals surface area contributed by atoms with Crippen LogP contribution in [-0.2, 0) is 9.53 Å². The number of hydrogen-bond acceptors (Lipinski definition) is 3. The number of anilines is 1. The third kappa shape index (κ3) is 2.77. The Morgan fingerprint density at radius 3 is 2.71 bits per heavy atom. The van der Waals surface area contributed by atoms with Crippen molar-refractivity contribution in [3.8, 4) is 0 Å². The van der Waals surface area contributed by atoms with E-state index in [2.05, 4.69) is 5.32 Å². The number of rotatable bonds is 3. The van der Waals surface area contributed by atoms with Crippen molar-refractivity contribution in [3.05, 3.63) is 30.3 Å². The molecule has 92 valence electrons. The average Bonchev–Trinajstić information content (AvgIpc) is 2.57. The predicted molar refractivity (Wildman–Crippen MR) is 65.1 cm³/mol. The second-order valence-corrected chi connectivity index (χ2v) is 4.34. The van der Waals surface area contributed by atoms with Gasteiger partial charge in [-0.3, -0.25) is 0 Å². The summed E-state index contributed by atoms with van der Waals surface area (Å²) in [5.74, 6) is -0.799. The number of benzene rings is 1. The van der Waals surface area contributed by atoms with Crippen molar-refractivity contribution in [2.45, 2.75) is 24.8 Å². The number of hydrogen-bond donors (Lipinski definition) is 2. The average molecular weight is 235 g/mol. The van der Waals surface area contributed by atoms with Gasteiger partial charge in [-0.15, -0.1) is 0 Å². The smallest absolute Gasteiger partial charge is 0.329 e. The van der Waals surface area contributed by atoms with Crippen molar-refractivity contribution in [2.75, 3.05) is 18.5 Å². The van der Waals surface area contributed by atoms with E-state index >= 15 is 0 Å². The normalized spacial score (nSPS) is 24.9. The van der Waals surface area contributed by atoms with E-state index in [-0.39, 0.29) is 0 Å². The molecule has 0 bridgehead atoms. The molecule has 1 aliphatic rings.